The van der Waals surface area contributed by atoms with Crippen LogP contribution in [0.15, 0.2) is 30.3 Å². The summed E-state index contributed by atoms with van der Waals surface area (Å²) in [5.74, 6) is 0. The molecule has 0 aliphatic heterocycles. The third-order valence-corrected chi connectivity index (χ3v) is 3.34. The molecule has 1 N–H and O–H groups in total. The lowest BCUT2D eigenvalue weighted by atomic mass is 10.1. The summed E-state index contributed by atoms with van der Waals surface area (Å²) in [5.41, 5.74) is 3.19. The van der Waals surface area contributed by atoms with Crippen molar-refractivity contribution >= 4 is 0 Å². The fourth-order valence-corrected chi connectivity index (χ4v) is 2.05. The predicted molar refractivity (Wildman–Crippen MR) is 75.7 cm³/mol. The van der Waals surface area contributed by atoms with E-state index in [0.717, 1.165) is 23.5 Å². The minimum absolute atomic E-state index is 0.289. The highest BCUT2D eigenvalue weighted by Crippen LogP contribution is 2.23. The van der Waals surface area contributed by atoms with E-state index in [0.29, 0.717) is 6.04 Å². The fourth-order valence-electron chi connectivity index (χ4n) is 2.05. The number of hydrogen-bond donors (Lipinski definition) is 1. The van der Waals surface area contributed by atoms with Crippen molar-refractivity contribution in [2.24, 2.45) is 0 Å². The zero-order valence-electron chi connectivity index (χ0n) is 11.5. The first-order chi connectivity index (χ1) is 9.24. The van der Waals surface area contributed by atoms with Gasteiger partial charge in [0.1, 0.15) is 11.4 Å². The number of hydrogen-bond acceptors (Lipinski definition) is 3. The second-order valence-electron chi connectivity index (χ2n) is 5.43. The van der Waals surface area contributed by atoms with Crippen LogP contribution in [0.3, 0.4) is 0 Å². The van der Waals surface area contributed by atoms with E-state index in [9.17, 15) is 0 Å². The minimum atomic E-state index is 0.289. The van der Waals surface area contributed by atoms with Crippen LogP contribution in [0.2, 0.25) is 0 Å². The average Bonchev–Trinajstić information content (AvgIpc) is 3.15. The molecule has 19 heavy (non-hydrogen) atoms. The van der Waals surface area contributed by atoms with Crippen LogP contribution >= 0.6 is 0 Å². The molecule has 0 saturated heterocycles. The second kappa shape index (κ2) is 5.13. The first kappa shape index (κ1) is 12.4. The monoisotopic (exact) mass is 256 g/mol. The smallest absolute Gasteiger partial charge is 0.117 e. The number of aromatic nitrogens is 3. The molecular weight excluding hydrogens is 236 g/mol. The topological polar surface area (TPSA) is 42.7 Å². The van der Waals surface area contributed by atoms with Crippen LogP contribution in [0, 0.1) is 0 Å². The molecule has 1 aliphatic carbocycles. The Morgan fingerprint density at radius 3 is 2.58 bits per heavy atom. The summed E-state index contributed by atoms with van der Waals surface area (Å²) in [6.07, 6.45) is 2.58. The lowest BCUT2D eigenvalue weighted by Crippen LogP contribution is -2.16. The van der Waals surface area contributed by atoms with Gasteiger partial charge >= 0.3 is 0 Å². The van der Waals surface area contributed by atoms with Crippen LogP contribution < -0.4 is 5.32 Å². The van der Waals surface area contributed by atoms with Gasteiger partial charge in [0.15, 0.2) is 0 Å². The van der Waals surface area contributed by atoms with E-state index >= 15 is 0 Å². The van der Waals surface area contributed by atoms with E-state index in [4.69, 9.17) is 0 Å². The van der Waals surface area contributed by atoms with Crippen LogP contribution in [0.25, 0.3) is 11.3 Å². The Hall–Kier alpha value is -1.68. The molecule has 4 heteroatoms. The highest BCUT2D eigenvalue weighted by Gasteiger charge is 2.22. The molecule has 1 saturated carbocycles. The van der Waals surface area contributed by atoms with E-state index in [2.05, 4.69) is 41.5 Å². The van der Waals surface area contributed by atoms with Gasteiger partial charge in [-0.15, -0.1) is 0 Å². The predicted octanol–water partition coefficient (Wildman–Crippen LogP) is 2.78. The van der Waals surface area contributed by atoms with Crippen molar-refractivity contribution in [2.45, 2.75) is 45.3 Å². The van der Waals surface area contributed by atoms with E-state index in [1.54, 1.807) is 0 Å². The van der Waals surface area contributed by atoms with E-state index in [1.807, 2.05) is 23.0 Å². The lowest BCUT2D eigenvalue weighted by molar-refractivity contribution is 0.461. The van der Waals surface area contributed by atoms with E-state index in [1.165, 1.54) is 12.8 Å². The van der Waals surface area contributed by atoms with Crippen LogP contribution in [0.1, 0.15) is 38.4 Å². The van der Waals surface area contributed by atoms with Crippen molar-refractivity contribution in [1.29, 1.82) is 0 Å². The minimum Gasteiger partial charge on any atom is -0.308 e. The zero-order chi connectivity index (χ0) is 13.2. The van der Waals surface area contributed by atoms with Crippen molar-refractivity contribution in [3.63, 3.8) is 0 Å². The molecule has 0 radical (unpaired) electrons. The van der Waals surface area contributed by atoms with Gasteiger partial charge in [0.05, 0.1) is 6.04 Å². The highest BCUT2D eigenvalue weighted by atomic mass is 15.5. The molecule has 0 amide bonds. The van der Waals surface area contributed by atoms with Crippen LogP contribution in [0.4, 0.5) is 0 Å². The average molecular weight is 256 g/mol. The molecule has 1 fully saturated rings. The molecule has 1 heterocycles. The molecule has 1 aromatic heterocycles. The normalized spacial score (nSPS) is 15.1. The SMILES string of the molecule is CC(C)n1nc(CNC2CC2)c(-c2ccccc2)n1. The Morgan fingerprint density at radius 1 is 1.21 bits per heavy atom. The largest absolute Gasteiger partial charge is 0.308 e. The van der Waals surface area contributed by atoms with E-state index < -0.39 is 0 Å². The summed E-state index contributed by atoms with van der Waals surface area (Å²) in [4.78, 5) is 1.81. The Labute approximate surface area is 113 Å². The molecule has 1 aromatic carbocycles. The number of benzene rings is 1. The maximum atomic E-state index is 4.64. The fraction of sp³-hybridized carbons (Fsp3) is 0.467. The highest BCUT2D eigenvalue weighted by molar-refractivity contribution is 5.60. The second-order valence-corrected chi connectivity index (χ2v) is 5.43. The molecule has 0 unspecified atom stereocenters. The third-order valence-electron chi connectivity index (χ3n) is 3.34. The first-order valence-corrected chi connectivity index (χ1v) is 6.98. The summed E-state index contributed by atoms with van der Waals surface area (Å²) in [6, 6.07) is 11.3. The Balaban J connectivity index is 1.90. The van der Waals surface area contributed by atoms with Crippen LogP contribution in [-0.2, 0) is 6.54 Å². The molecule has 2 aromatic rings. The number of rotatable bonds is 5. The molecule has 3 rings (SSSR count). The van der Waals surface area contributed by atoms with Gasteiger partial charge in [-0.2, -0.15) is 15.0 Å². The summed E-state index contributed by atoms with van der Waals surface area (Å²) in [5, 5.41) is 12.8. The first-order valence-electron chi connectivity index (χ1n) is 6.98. The summed E-state index contributed by atoms with van der Waals surface area (Å²) in [6.45, 7) is 5.02. The summed E-state index contributed by atoms with van der Waals surface area (Å²) >= 11 is 0. The standard InChI is InChI=1S/C15H20N4/c1-11(2)19-17-14(10-16-13-8-9-13)15(18-19)12-6-4-3-5-7-12/h3-7,11,13,16H,8-10H2,1-2H3. The van der Waals surface area contributed by atoms with E-state index in [-0.39, 0.29) is 6.04 Å². The summed E-state index contributed by atoms with van der Waals surface area (Å²) < 4.78 is 0. The van der Waals surface area contributed by atoms with Gasteiger partial charge in [-0.1, -0.05) is 30.3 Å². The van der Waals surface area contributed by atoms with Gasteiger partial charge in [-0.05, 0) is 26.7 Å². The van der Waals surface area contributed by atoms with Crippen LogP contribution in [-0.4, -0.2) is 21.0 Å². The van der Waals surface area contributed by atoms with Crippen LogP contribution in [0.5, 0.6) is 0 Å². The van der Waals surface area contributed by atoms with Gasteiger partial charge in [0.25, 0.3) is 0 Å². The Morgan fingerprint density at radius 2 is 1.95 bits per heavy atom. The zero-order valence-corrected chi connectivity index (χ0v) is 11.5. The van der Waals surface area contributed by atoms with Crippen molar-refractivity contribution in [1.82, 2.24) is 20.3 Å². The summed E-state index contributed by atoms with van der Waals surface area (Å²) in [7, 11) is 0. The van der Waals surface area contributed by atoms with Gasteiger partial charge in [0, 0.05) is 18.2 Å². The maximum Gasteiger partial charge on any atom is 0.117 e. The van der Waals surface area contributed by atoms with Crippen molar-refractivity contribution in [2.75, 3.05) is 0 Å². The Kier molecular flexibility index (Phi) is 3.34. The lowest BCUT2D eigenvalue weighted by Gasteiger charge is -2.01. The molecule has 4 nitrogen and oxygen atoms in total. The van der Waals surface area contributed by atoms with Gasteiger partial charge in [0.2, 0.25) is 0 Å². The number of nitrogens with one attached hydrogen (secondary N) is 1. The maximum absolute atomic E-state index is 4.64. The molecule has 1 aliphatic rings. The molecule has 0 atom stereocenters. The molecule has 0 bridgehead atoms. The van der Waals surface area contributed by atoms with Gasteiger partial charge in [-0.25, -0.2) is 0 Å². The van der Waals surface area contributed by atoms with Gasteiger partial charge < -0.3 is 5.32 Å². The molecular formula is C15H20N4. The van der Waals surface area contributed by atoms with Crippen molar-refractivity contribution < 1.29 is 0 Å². The van der Waals surface area contributed by atoms with Gasteiger partial charge in [-0.3, -0.25) is 0 Å². The number of nitrogens with zero attached hydrogens (tertiary/aromatic N) is 3. The Bertz CT molecular complexity index is 541. The molecule has 0 spiro atoms. The third kappa shape index (κ3) is 2.84. The van der Waals surface area contributed by atoms with Crippen molar-refractivity contribution in [3.05, 3.63) is 36.0 Å². The van der Waals surface area contributed by atoms with Crippen molar-refractivity contribution in [3.8, 4) is 11.3 Å². The molecule has 100 valence electrons. The quantitative estimate of drug-likeness (QED) is 0.894.